The number of esters is 1. The summed E-state index contributed by atoms with van der Waals surface area (Å²) in [5, 5.41) is 11.9. The molecule has 2 N–H and O–H groups in total. The number of aliphatic hydroxyl groups is 1. The van der Waals surface area contributed by atoms with E-state index in [0.29, 0.717) is 6.54 Å². The lowest BCUT2D eigenvalue weighted by atomic mass is 10.2. The van der Waals surface area contributed by atoms with Crippen LogP contribution in [0.2, 0.25) is 0 Å². The lowest BCUT2D eigenvalue weighted by molar-refractivity contribution is -0.139. The topological polar surface area (TPSA) is 58.6 Å². The third-order valence-electron chi connectivity index (χ3n) is 1.76. The Bertz CT molecular complexity index is 150. The molecule has 0 saturated heterocycles. The van der Waals surface area contributed by atoms with E-state index in [-0.39, 0.29) is 23.4 Å². The monoisotopic (exact) mass is 253 g/mol. The van der Waals surface area contributed by atoms with Gasteiger partial charge in [0.1, 0.15) is 4.83 Å². The summed E-state index contributed by atoms with van der Waals surface area (Å²) in [6.07, 6.45) is 0.831. The van der Waals surface area contributed by atoms with Gasteiger partial charge in [0, 0.05) is 12.6 Å². The molecule has 13 heavy (non-hydrogen) atoms. The van der Waals surface area contributed by atoms with E-state index in [2.05, 4.69) is 26.0 Å². The average Bonchev–Trinajstić information content (AvgIpc) is 2.17. The zero-order valence-electron chi connectivity index (χ0n) is 7.92. The SMILES string of the molecule is CCC(CO)NCC(Br)C(=O)OC. The maximum Gasteiger partial charge on any atom is 0.320 e. The summed E-state index contributed by atoms with van der Waals surface area (Å²) in [4.78, 5) is 10.6. The summed E-state index contributed by atoms with van der Waals surface area (Å²) in [7, 11) is 1.35. The molecular formula is C8H16BrNO3. The fourth-order valence-corrected chi connectivity index (χ4v) is 1.19. The van der Waals surface area contributed by atoms with Crippen molar-refractivity contribution in [2.75, 3.05) is 20.3 Å². The van der Waals surface area contributed by atoms with E-state index >= 15 is 0 Å². The van der Waals surface area contributed by atoms with Crippen molar-refractivity contribution in [3.63, 3.8) is 0 Å². The highest BCUT2D eigenvalue weighted by atomic mass is 79.9. The Morgan fingerprint density at radius 3 is 2.69 bits per heavy atom. The van der Waals surface area contributed by atoms with Gasteiger partial charge in [0.2, 0.25) is 0 Å². The smallest absolute Gasteiger partial charge is 0.320 e. The van der Waals surface area contributed by atoms with Crippen LogP contribution in [0.1, 0.15) is 13.3 Å². The van der Waals surface area contributed by atoms with Gasteiger partial charge in [0.25, 0.3) is 0 Å². The Balaban J connectivity index is 3.67. The second-order valence-corrected chi connectivity index (χ2v) is 3.79. The van der Waals surface area contributed by atoms with E-state index in [0.717, 1.165) is 6.42 Å². The lowest BCUT2D eigenvalue weighted by Crippen LogP contribution is -2.38. The summed E-state index contributed by atoms with van der Waals surface area (Å²) < 4.78 is 4.52. The minimum atomic E-state index is -0.349. The maximum atomic E-state index is 10.9. The molecular weight excluding hydrogens is 238 g/mol. The Kier molecular flexibility index (Phi) is 7.22. The number of halogens is 1. The first kappa shape index (κ1) is 12.9. The number of alkyl halides is 1. The molecule has 4 nitrogen and oxygen atoms in total. The number of methoxy groups -OCH3 is 1. The molecule has 0 aliphatic heterocycles. The van der Waals surface area contributed by atoms with Crippen molar-refractivity contribution in [3.05, 3.63) is 0 Å². The molecule has 0 spiro atoms. The Hall–Kier alpha value is -0.130. The van der Waals surface area contributed by atoms with E-state index in [4.69, 9.17) is 5.11 Å². The molecule has 0 aliphatic carbocycles. The lowest BCUT2D eigenvalue weighted by Gasteiger charge is -2.15. The zero-order valence-corrected chi connectivity index (χ0v) is 9.50. The zero-order chi connectivity index (χ0) is 10.3. The molecule has 0 fully saturated rings. The third kappa shape index (κ3) is 5.23. The molecule has 78 valence electrons. The predicted molar refractivity (Wildman–Crippen MR) is 53.9 cm³/mol. The Morgan fingerprint density at radius 2 is 2.31 bits per heavy atom. The number of hydrogen-bond donors (Lipinski definition) is 2. The highest BCUT2D eigenvalue weighted by molar-refractivity contribution is 9.10. The van der Waals surface area contributed by atoms with Crippen LogP contribution in [0.4, 0.5) is 0 Å². The van der Waals surface area contributed by atoms with Crippen LogP contribution in [0.5, 0.6) is 0 Å². The normalized spacial score (nSPS) is 15.1. The number of ether oxygens (including phenoxy) is 1. The number of carbonyl (C=O) groups is 1. The van der Waals surface area contributed by atoms with Gasteiger partial charge >= 0.3 is 5.97 Å². The van der Waals surface area contributed by atoms with Gasteiger partial charge in [-0.05, 0) is 6.42 Å². The molecule has 2 unspecified atom stereocenters. The number of rotatable bonds is 6. The van der Waals surface area contributed by atoms with Crippen molar-refractivity contribution >= 4 is 21.9 Å². The van der Waals surface area contributed by atoms with Crippen molar-refractivity contribution in [1.29, 1.82) is 0 Å². The van der Waals surface area contributed by atoms with Gasteiger partial charge in [-0.3, -0.25) is 4.79 Å². The maximum absolute atomic E-state index is 10.9. The number of hydrogen-bond acceptors (Lipinski definition) is 4. The molecule has 0 aromatic heterocycles. The fraction of sp³-hybridized carbons (Fsp3) is 0.875. The summed E-state index contributed by atoms with van der Waals surface area (Å²) in [6.45, 7) is 2.51. The van der Waals surface area contributed by atoms with E-state index < -0.39 is 0 Å². The number of aliphatic hydroxyl groups excluding tert-OH is 1. The van der Waals surface area contributed by atoms with Crippen molar-refractivity contribution in [2.45, 2.75) is 24.2 Å². The van der Waals surface area contributed by atoms with E-state index in [9.17, 15) is 4.79 Å². The van der Waals surface area contributed by atoms with Crippen LogP contribution in [0, 0.1) is 0 Å². The molecule has 5 heteroatoms. The summed E-state index contributed by atoms with van der Waals surface area (Å²) >= 11 is 3.17. The minimum Gasteiger partial charge on any atom is -0.468 e. The highest BCUT2D eigenvalue weighted by Crippen LogP contribution is 2.01. The van der Waals surface area contributed by atoms with E-state index in [1.54, 1.807) is 0 Å². The molecule has 0 aliphatic rings. The van der Waals surface area contributed by atoms with Crippen molar-refractivity contribution < 1.29 is 14.6 Å². The van der Waals surface area contributed by atoms with Crippen LogP contribution in [0.3, 0.4) is 0 Å². The Morgan fingerprint density at radius 1 is 1.69 bits per heavy atom. The summed E-state index contributed by atoms with van der Waals surface area (Å²) in [5.41, 5.74) is 0. The molecule has 0 rings (SSSR count). The van der Waals surface area contributed by atoms with Crippen LogP contribution in [-0.2, 0) is 9.53 Å². The van der Waals surface area contributed by atoms with E-state index in [1.807, 2.05) is 6.92 Å². The second-order valence-electron chi connectivity index (χ2n) is 2.69. The molecule has 0 heterocycles. The van der Waals surface area contributed by atoms with Crippen molar-refractivity contribution in [1.82, 2.24) is 5.32 Å². The highest BCUT2D eigenvalue weighted by Gasteiger charge is 2.15. The fourth-order valence-electron chi connectivity index (χ4n) is 0.819. The van der Waals surface area contributed by atoms with Crippen LogP contribution in [0.15, 0.2) is 0 Å². The first-order valence-corrected chi connectivity index (χ1v) is 5.13. The summed E-state index contributed by atoms with van der Waals surface area (Å²) in [6, 6.07) is 0.0460. The largest absolute Gasteiger partial charge is 0.468 e. The second kappa shape index (κ2) is 7.29. The molecule has 0 amide bonds. The van der Waals surface area contributed by atoms with Crippen molar-refractivity contribution in [2.24, 2.45) is 0 Å². The van der Waals surface area contributed by atoms with Gasteiger partial charge in [0.05, 0.1) is 13.7 Å². The molecule has 0 radical (unpaired) electrons. The molecule has 0 saturated carbocycles. The quantitative estimate of drug-likeness (QED) is 0.528. The number of nitrogens with one attached hydrogen (secondary N) is 1. The first-order chi connectivity index (χ1) is 6.15. The number of carbonyl (C=O) groups excluding carboxylic acids is 1. The average molecular weight is 254 g/mol. The molecule has 0 aromatic carbocycles. The van der Waals surface area contributed by atoms with Crippen molar-refractivity contribution in [3.8, 4) is 0 Å². The minimum absolute atomic E-state index is 0.0460. The standard InChI is InChI=1S/C8H16BrNO3/c1-3-6(5-11)10-4-7(9)8(12)13-2/h6-7,10-11H,3-5H2,1-2H3. The molecule has 2 atom stereocenters. The molecule has 0 bridgehead atoms. The van der Waals surface area contributed by atoms with Crippen LogP contribution < -0.4 is 5.32 Å². The van der Waals surface area contributed by atoms with Gasteiger partial charge in [-0.1, -0.05) is 22.9 Å². The van der Waals surface area contributed by atoms with E-state index in [1.165, 1.54) is 7.11 Å². The van der Waals surface area contributed by atoms with Gasteiger partial charge in [0.15, 0.2) is 0 Å². The van der Waals surface area contributed by atoms with Crippen LogP contribution in [-0.4, -0.2) is 42.2 Å². The summed E-state index contributed by atoms with van der Waals surface area (Å²) in [5.74, 6) is -0.305. The third-order valence-corrected chi connectivity index (χ3v) is 2.45. The van der Waals surface area contributed by atoms with Gasteiger partial charge < -0.3 is 15.2 Å². The predicted octanol–water partition coefficient (Wildman–Crippen LogP) is 0.283. The van der Waals surface area contributed by atoms with Gasteiger partial charge in [-0.25, -0.2) is 0 Å². The Labute approximate surface area is 86.8 Å². The van der Waals surface area contributed by atoms with Crippen LogP contribution in [0.25, 0.3) is 0 Å². The van der Waals surface area contributed by atoms with Crippen LogP contribution >= 0.6 is 15.9 Å². The van der Waals surface area contributed by atoms with Gasteiger partial charge in [-0.15, -0.1) is 0 Å². The molecule has 0 aromatic rings. The first-order valence-electron chi connectivity index (χ1n) is 4.21. The van der Waals surface area contributed by atoms with Gasteiger partial charge in [-0.2, -0.15) is 0 Å².